The van der Waals surface area contributed by atoms with Crippen LogP contribution in [0.15, 0.2) is 57.7 Å². The van der Waals surface area contributed by atoms with Crippen LogP contribution in [-0.2, 0) is 9.53 Å². The van der Waals surface area contributed by atoms with E-state index < -0.39 is 5.97 Å². The van der Waals surface area contributed by atoms with Crippen molar-refractivity contribution in [1.29, 1.82) is 0 Å². The summed E-state index contributed by atoms with van der Waals surface area (Å²) in [6.45, 7) is 3.72. The van der Waals surface area contributed by atoms with E-state index in [9.17, 15) is 9.59 Å². The van der Waals surface area contributed by atoms with Crippen LogP contribution >= 0.6 is 11.6 Å². The summed E-state index contributed by atoms with van der Waals surface area (Å²) in [6.07, 6.45) is 1.51. The minimum atomic E-state index is -0.655. The summed E-state index contributed by atoms with van der Waals surface area (Å²) in [7, 11) is 0. The molecular formula is C24H21ClN4O5. The van der Waals surface area contributed by atoms with Gasteiger partial charge in [-0.05, 0) is 43.3 Å². The van der Waals surface area contributed by atoms with Crippen molar-refractivity contribution < 1.29 is 23.3 Å². The lowest BCUT2D eigenvalue weighted by molar-refractivity contribution is -0.134. The molecule has 0 aliphatic carbocycles. The van der Waals surface area contributed by atoms with Gasteiger partial charge in [-0.25, -0.2) is 9.78 Å². The Hall–Kier alpha value is -3.85. The molecule has 0 atom stereocenters. The summed E-state index contributed by atoms with van der Waals surface area (Å²) in [5.41, 5.74) is 2.34. The molecule has 1 aliphatic rings. The molecule has 0 radical (unpaired) electrons. The van der Waals surface area contributed by atoms with Crippen LogP contribution in [0, 0.1) is 6.92 Å². The molecule has 0 spiro atoms. The van der Waals surface area contributed by atoms with E-state index in [4.69, 9.17) is 25.3 Å². The van der Waals surface area contributed by atoms with Crippen molar-refractivity contribution in [3.05, 3.63) is 65.0 Å². The maximum atomic E-state index is 12.9. The van der Waals surface area contributed by atoms with Crippen LogP contribution in [0.2, 0.25) is 5.02 Å². The zero-order valence-electron chi connectivity index (χ0n) is 18.4. The van der Waals surface area contributed by atoms with Gasteiger partial charge < -0.3 is 23.5 Å². The predicted molar refractivity (Wildman–Crippen MR) is 125 cm³/mol. The van der Waals surface area contributed by atoms with Crippen molar-refractivity contribution in [2.75, 3.05) is 37.7 Å². The molecule has 0 N–H and O–H groups in total. The average molecular weight is 481 g/mol. The number of amides is 1. The van der Waals surface area contributed by atoms with Crippen LogP contribution in [-0.4, -0.2) is 59.7 Å². The minimum absolute atomic E-state index is 0.196. The number of ether oxygens (including phenoxy) is 1. The molecule has 4 aromatic rings. The number of carbonyl (C=O) groups excluding carboxylic acids is 2. The number of hydrogen-bond acceptors (Lipinski definition) is 8. The third-order valence-corrected chi connectivity index (χ3v) is 5.98. The number of esters is 1. The number of rotatable bonds is 5. The first-order valence-electron chi connectivity index (χ1n) is 10.8. The standard InChI is InChI=1S/C24H21ClN4O5/c1-15-22-18(13-19(20-6-3-11-32-20)26-23(22)34-27-15)24(31)33-14-21(30)29-9-7-28(8-10-29)17-5-2-4-16(25)12-17/h2-6,11-13H,7-10,14H2,1H3. The van der Waals surface area contributed by atoms with Gasteiger partial charge in [-0.15, -0.1) is 0 Å². The molecule has 1 saturated heterocycles. The van der Waals surface area contributed by atoms with Gasteiger partial charge in [0.1, 0.15) is 5.69 Å². The normalized spacial score (nSPS) is 13.9. The van der Waals surface area contributed by atoms with E-state index in [2.05, 4.69) is 15.0 Å². The van der Waals surface area contributed by atoms with Crippen molar-refractivity contribution >= 4 is 40.3 Å². The SMILES string of the molecule is Cc1noc2nc(-c3ccco3)cc(C(=O)OCC(=O)N3CCN(c4cccc(Cl)c4)CC3)c12. The zero-order chi connectivity index (χ0) is 23.7. The number of pyridine rings is 1. The number of halogens is 1. The van der Waals surface area contributed by atoms with Gasteiger partial charge in [-0.3, -0.25) is 4.79 Å². The summed E-state index contributed by atoms with van der Waals surface area (Å²) < 4.78 is 16.0. The first-order valence-corrected chi connectivity index (χ1v) is 11.1. The molecule has 0 saturated carbocycles. The van der Waals surface area contributed by atoms with Crippen LogP contribution < -0.4 is 4.90 Å². The molecule has 1 aliphatic heterocycles. The fourth-order valence-corrected chi connectivity index (χ4v) is 4.17. The Balaban J connectivity index is 1.25. The Morgan fingerprint density at radius 3 is 2.68 bits per heavy atom. The van der Waals surface area contributed by atoms with Gasteiger partial charge in [-0.2, -0.15) is 0 Å². The Labute approximate surface area is 199 Å². The number of carbonyl (C=O) groups is 2. The molecule has 10 heteroatoms. The van der Waals surface area contributed by atoms with Crippen LogP contribution in [0.1, 0.15) is 16.1 Å². The number of aryl methyl sites for hydroxylation is 1. The van der Waals surface area contributed by atoms with Crippen LogP contribution in [0.3, 0.4) is 0 Å². The number of furan rings is 1. The minimum Gasteiger partial charge on any atom is -0.463 e. The smallest absolute Gasteiger partial charge is 0.339 e. The molecule has 0 bridgehead atoms. The molecule has 1 aromatic carbocycles. The van der Waals surface area contributed by atoms with Gasteiger partial charge in [0.05, 0.1) is 22.9 Å². The molecule has 3 aromatic heterocycles. The molecule has 0 unspecified atom stereocenters. The highest BCUT2D eigenvalue weighted by molar-refractivity contribution is 6.30. The summed E-state index contributed by atoms with van der Waals surface area (Å²) >= 11 is 6.08. The maximum absolute atomic E-state index is 12.9. The van der Waals surface area contributed by atoms with Gasteiger partial charge >= 0.3 is 5.97 Å². The fraction of sp³-hybridized carbons (Fsp3) is 0.250. The van der Waals surface area contributed by atoms with Gasteiger partial charge in [0.2, 0.25) is 0 Å². The van der Waals surface area contributed by atoms with Crippen molar-refractivity contribution in [3.8, 4) is 11.5 Å². The number of fused-ring (bicyclic) bond motifs is 1. The highest BCUT2D eigenvalue weighted by Crippen LogP contribution is 2.28. The highest BCUT2D eigenvalue weighted by atomic mass is 35.5. The largest absolute Gasteiger partial charge is 0.463 e. The molecule has 5 rings (SSSR count). The summed E-state index contributed by atoms with van der Waals surface area (Å²) in [5, 5.41) is 5.02. The van der Waals surface area contributed by atoms with Gasteiger partial charge in [0.15, 0.2) is 12.4 Å². The van der Waals surface area contributed by atoms with E-state index in [0.29, 0.717) is 53.7 Å². The number of anilines is 1. The van der Waals surface area contributed by atoms with E-state index in [1.54, 1.807) is 30.0 Å². The van der Waals surface area contributed by atoms with Crippen LogP contribution in [0.5, 0.6) is 0 Å². The third-order valence-electron chi connectivity index (χ3n) is 5.74. The lowest BCUT2D eigenvalue weighted by Gasteiger charge is -2.36. The Morgan fingerprint density at radius 2 is 1.94 bits per heavy atom. The number of nitrogens with zero attached hydrogens (tertiary/aromatic N) is 4. The Bertz CT molecular complexity index is 1340. The number of aromatic nitrogens is 2. The van der Waals surface area contributed by atoms with Gasteiger partial charge in [-0.1, -0.05) is 22.8 Å². The van der Waals surface area contributed by atoms with E-state index in [-0.39, 0.29) is 23.8 Å². The van der Waals surface area contributed by atoms with Crippen molar-refractivity contribution in [3.63, 3.8) is 0 Å². The van der Waals surface area contributed by atoms with Crippen LogP contribution in [0.4, 0.5) is 5.69 Å². The molecule has 9 nitrogen and oxygen atoms in total. The maximum Gasteiger partial charge on any atom is 0.339 e. The number of piperazine rings is 1. The molecule has 174 valence electrons. The zero-order valence-corrected chi connectivity index (χ0v) is 19.1. The van der Waals surface area contributed by atoms with Crippen molar-refractivity contribution in [2.45, 2.75) is 6.92 Å². The van der Waals surface area contributed by atoms with Crippen molar-refractivity contribution in [2.24, 2.45) is 0 Å². The average Bonchev–Trinajstić information content (AvgIpc) is 3.52. The fourth-order valence-electron chi connectivity index (χ4n) is 3.99. The monoisotopic (exact) mass is 480 g/mol. The molecule has 1 fully saturated rings. The summed E-state index contributed by atoms with van der Waals surface area (Å²) in [5.74, 6) is -0.436. The second kappa shape index (κ2) is 9.18. The second-order valence-corrected chi connectivity index (χ2v) is 8.34. The lowest BCUT2D eigenvalue weighted by atomic mass is 10.1. The number of benzene rings is 1. The van der Waals surface area contributed by atoms with E-state index >= 15 is 0 Å². The Morgan fingerprint density at radius 1 is 1.12 bits per heavy atom. The second-order valence-electron chi connectivity index (χ2n) is 7.90. The molecule has 4 heterocycles. The highest BCUT2D eigenvalue weighted by Gasteiger charge is 2.25. The molecule has 1 amide bonds. The van der Waals surface area contributed by atoms with E-state index in [0.717, 1.165) is 5.69 Å². The number of hydrogen-bond donors (Lipinski definition) is 0. The topological polar surface area (TPSA) is 102 Å². The predicted octanol–water partition coefficient (Wildman–Crippen LogP) is 3.95. The van der Waals surface area contributed by atoms with Gasteiger partial charge in [0, 0.05) is 36.9 Å². The lowest BCUT2D eigenvalue weighted by Crippen LogP contribution is -2.49. The van der Waals surface area contributed by atoms with E-state index in [1.807, 2.05) is 24.3 Å². The van der Waals surface area contributed by atoms with Gasteiger partial charge in [0.25, 0.3) is 11.6 Å². The quantitative estimate of drug-likeness (QED) is 0.396. The summed E-state index contributed by atoms with van der Waals surface area (Å²) in [4.78, 5) is 33.9. The molecule has 34 heavy (non-hydrogen) atoms. The van der Waals surface area contributed by atoms with Crippen molar-refractivity contribution in [1.82, 2.24) is 15.0 Å². The van der Waals surface area contributed by atoms with E-state index in [1.165, 1.54) is 6.26 Å². The first-order chi connectivity index (χ1) is 16.5. The first kappa shape index (κ1) is 22.0. The summed E-state index contributed by atoms with van der Waals surface area (Å²) in [6, 6.07) is 12.6. The molecular weight excluding hydrogens is 460 g/mol. The Kier molecular flexibility index (Phi) is 5.93. The van der Waals surface area contributed by atoms with Crippen LogP contribution in [0.25, 0.3) is 22.6 Å². The third kappa shape index (κ3) is 4.34.